The number of carbonyl (C=O) groups is 1. The van der Waals surface area contributed by atoms with Crippen molar-refractivity contribution in [1.82, 2.24) is 10.2 Å². The third-order valence-corrected chi connectivity index (χ3v) is 3.76. The Morgan fingerprint density at radius 1 is 1.45 bits per heavy atom. The lowest BCUT2D eigenvalue weighted by molar-refractivity contribution is 0.0669. The number of hydrogen-bond donors (Lipinski definition) is 2. The molecular weight excluding hydrogens is 252 g/mol. The first-order chi connectivity index (χ1) is 9.58. The van der Waals surface area contributed by atoms with Gasteiger partial charge in [0.25, 0.3) is 5.91 Å². The normalized spacial score (nSPS) is 19.4. The Kier molecular flexibility index (Phi) is 5.01. The van der Waals surface area contributed by atoms with Crippen LogP contribution >= 0.6 is 0 Å². The molecule has 0 radical (unpaired) electrons. The average Bonchev–Trinajstić information content (AvgIpc) is 2.45. The van der Waals surface area contributed by atoms with Crippen LogP contribution in [0.15, 0.2) is 24.3 Å². The number of para-hydroxylation sites is 1. The first-order valence-corrected chi connectivity index (χ1v) is 7.38. The van der Waals surface area contributed by atoms with E-state index in [2.05, 4.69) is 19.2 Å². The Labute approximate surface area is 120 Å². The van der Waals surface area contributed by atoms with Gasteiger partial charge in [-0.3, -0.25) is 4.79 Å². The molecule has 1 fully saturated rings. The fourth-order valence-electron chi connectivity index (χ4n) is 2.64. The number of benzene rings is 1. The van der Waals surface area contributed by atoms with E-state index in [0.717, 1.165) is 32.5 Å². The number of carbonyl (C=O) groups excluding carboxylic acids is 1. The summed E-state index contributed by atoms with van der Waals surface area (Å²) in [5.41, 5.74) is 0.407. The van der Waals surface area contributed by atoms with E-state index in [9.17, 15) is 9.90 Å². The van der Waals surface area contributed by atoms with E-state index in [4.69, 9.17) is 0 Å². The van der Waals surface area contributed by atoms with Gasteiger partial charge in [-0.15, -0.1) is 0 Å². The second-order valence-electron chi connectivity index (χ2n) is 5.84. The van der Waals surface area contributed by atoms with Crippen molar-refractivity contribution in [2.45, 2.75) is 32.7 Å². The topological polar surface area (TPSA) is 52.6 Å². The molecule has 110 valence electrons. The number of rotatable bonds is 4. The Morgan fingerprint density at radius 3 is 2.90 bits per heavy atom. The second kappa shape index (κ2) is 6.75. The molecule has 0 spiro atoms. The van der Waals surface area contributed by atoms with Crippen LogP contribution in [0.25, 0.3) is 0 Å². The minimum absolute atomic E-state index is 0.0580. The van der Waals surface area contributed by atoms with Crippen molar-refractivity contribution in [1.29, 1.82) is 0 Å². The average molecular weight is 276 g/mol. The monoisotopic (exact) mass is 276 g/mol. The van der Waals surface area contributed by atoms with Gasteiger partial charge in [0, 0.05) is 19.1 Å². The zero-order valence-electron chi connectivity index (χ0n) is 12.3. The number of phenols is 1. The van der Waals surface area contributed by atoms with E-state index < -0.39 is 0 Å². The van der Waals surface area contributed by atoms with Gasteiger partial charge in [0.15, 0.2) is 0 Å². The lowest BCUT2D eigenvalue weighted by Crippen LogP contribution is -2.43. The van der Waals surface area contributed by atoms with E-state index in [0.29, 0.717) is 17.5 Å². The van der Waals surface area contributed by atoms with Gasteiger partial charge in [0.1, 0.15) is 5.75 Å². The molecule has 0 aromatic heterocycles. The van der Waals surface area contributed by atoms with Crippen LogP contribution in [0, 0.1) is 5.92 Å². The van der Waals surface area contributed by atoms with Gasteiger partial charge in [0.2, 0.25) is 0 Å². The van der Waals surface area contributed by atoms with Gasteiger partial charge in [-0.1, -0.05) is 26.0 Å². The van der Waals surface area contributed by atoms with Crippen LogP contribution in [0.1, 0.15) is 37.0 Å². The van der Waals surface area contributed by atoms with E-state index in [1.807, 2.05) is 4.90 Å². The molecule has 0 bridgehead atoms. The highest BCUT2D eigenvalue weighted by Crippen LogP contribution is 2.22. The zero-order valence-corrected chi connectivity index (χ0v) is 12.3. The lowest BCUT2D eigenvalue weighted by atomic mass is 9.97. The lowest BCUT2D eigenvalue weighted by Gasteiger charge is -2.33. The van der Waals surface area contributed by atoms with E-state index in [-0.39, 0.29) is 11.7 Å². The third-order valence-electron chi connectivity index (χ3n) is 3.76. The maximum absolute atomic E-state index is 12.4. The summed E-state index contributed by atoms with van der Waals surface area (Å²) >= 11 is 0. The van der Waals surface area contributed by atoms with Gasteiger partial charge in [-0.2, -0.15) is 0 Å². The summed E-state index contributed by atoms with van der Waals surface area (Å²) in [6.45, 7) is 6.77. The van der Waals surface area contributed by atoms with Crippen LogP contribution in [0.2, 0.25) is 0 Å². The molecule has 1 saturated heterocycles. The summed E-state index contributed by atoms with van der Waals surface area (Å²) in [5, 5.41) is 13.2. The number of phenolic OH excluding ortho intramolecular Hbond substituents is 1. The molecule has 2 N–H and O–H groups in total. The predicted octanol–water partition coefficient (Wildman–Crippen LogP) is 2.24. The van der Waals surface area contributed by atoms with Gasteiger partial charge >= 0.3 is 0 Å². The van der Waals surface area contributed by atoms with Crippen LogP contribution in [0.3, 0.4) is 0 Å². The van der Waals surface area contributed by atoms with Crippen LogP contribution in [-0.2, 0) is 0 Å². The second-order valence-corrected chi connectivity index (χ2v) is 5.84. The molecule has 1 aliphatic rings. The molecule has 2 rings (SSSR count). The first-order valence-electron chi connectivity index (χ1n) is 7.38. The molecule has 1 aromatic rings. The third kappa shape index (κ3) is 3.73. The Hall–Kier alpha value is -1.55. The molecule has 1 atom stereocenters. The van der Waals surface area contributed by atoms with Crippen molar-refractivity contribution in [3.8, 4) is 5.75 Å². The quantitative estimate of drug-likeness (QED) is 0.887. The molecule has 1 unspecified atom stereocenters. The van der Waals surface area contributed by atoms with Gasteiger partial charge in [0.05, 0.1) is 5.56 Å². The van der Waals surface area contributed by atoms with E-state index in [1.54, 1.807) is 24.3 Å². The van der Waals surface area contributed by atoms with Gasteiger partial charge < -0.3 is 15.3 Å². The van der Waals surface area contributed by atoms with Crippen LogP contribution in [0.5, 0.6) is 5.75 Å². The molecule has 1 aromatic carbocycles. The fraction of sp³-hybridized carbons (Fsp3) is 0.562. The van der Waals surface area contributed by atoms with Crippen molar-refractivity contribution >= 4 is 5.91 Å². The Bertz CT molecular complexity index is 460. The molecule has 20 heavy (non-hydrogen) atoms. The minimum atomic E-state index is -0.0580. The molecule has 1 aliphatic heterocycles. The standard InChI is InChI=1S/C16H24N2O2/c1-12(2)17-10-13-6-5-9-18(11-13)16(20)14-7-3-4-8-15(14)19/h3-4,7-8,12-13,17,19H,5-6,9-11H2,1-2H3. The maximum Gasteiger partial charge on any atom is 0.257 e. The summed E-state index contributed by atoms with van der Waals surface area (Å²) in [6, 6.07) is 7.24. The molecule has 0 aliphatic carbocycles. The van der Waals surface area contributed by atoms with E-state index in [1.165, 1.54) is 0 Å². The van der Waals surface area contributed by atoms with Crippen molar-refractivity contribution < 1.29 is 9.90 Å². The smallest absolute Gasteiger partial charge is 0.257 e. The highest BCUT2D eigenvalue weighted by molar-refractivity contribution is 5.96. The highest BCUT2D eigenvalue weighted by atomic mass is 16.3. The number of nitrogens with zero attached hydrogens (tertiary/aromatic N) is 1. The molecular formula is C16H24N2O2. The predicted molar refractivity (Wildman–Crippen MR) is 79.9 cm³/mol. The van der Waals surface area contributed by atoms with Crippen molar-refractivity contribution in [3.63, 3.8) is 0 Å². The number of piperidine rings is 1. The van der Waals surface area contributed by atoms with Crippen LogP contribution in [0.4, 0.5) is 0 Å². The highest BCUT2D eigenvalue weighted by Gasteiger charge is 2.25. The number of aromatic hydroxyl groups is 1. The van der Waals surface area contributed by atoms with Crippen LogP contribution < -0.4 is 5.32 Å². The molecule has 4 nitrogen and oxygen atoms in total. The van der Waals surface area contributed by atoms with Crippen molar-refractivity contribution in [3.05, 3.63) is 29.8 Å². The number of likely N-dealkylation sites (tertiary alicyclic amines) is 1. The molecule has 1 amide bonds. The first kappa shape index (κ1) is 14.9. The SMILES string of the molecule is CC(C)NCC1CCCN(C(=O)c2ccccc2O)C1. The maximum atomic E-state index is 12.4. The number of nitrogens with one attached hydrogen (secondary N) is 1. The van der Waals surface area contributed by atoms with E-state index >= 15 is 0 Å². The Morgan fingerprint density at radius 2 is 2.20 bits per heavy atom. The minimum Gasteiger partial charge on any atom is -0.507 e. The number of hydrogen-bond acceptors (Lipinski definition) is 3. The summed E-state index contributed by atoms with van der Waals surface area (Å²) in [4.78, 5) is 14.3. The Balaban J connectivity index is 1.98. The zero-order chi connectivity index (χ0) is 14.5. The van der Waals surface area contributed by atoms with Gasteiger partial charge in [-0.25, -0.2) is 0 Å². The van der Waals surface area contributed by atoms with Crippen molar-refractivity contribution in [2.24, 2.45) is 5.92 Å². The summed E-state index contributed by atoms with van der Waals surface area (Å²) in [7, 11) is 0. The van der Waals surface area contributed by atoms with Crippen molar-refractivity contribution in [2.75, 3.05) is 19.6 Å². The van der Waals surface area contributed by atoms with Crippen LogP contribution in [-0.4, -0.2) is 41.6 Å². The van der Waals surface area contributed by atoms with Gasteiger partial charge in [-0.05, 0) is 37.4 Å². The summed E-state index contributed by atoms with van der Waals surface area (Å²) in [6.07, 6.45) is 2.19. The number of amides is 1. The fourth-order valence-corrected chi connectivity index (χ4v) is 2.64. The molecule has 1 heterocycles. The summed E-state index contributed by atoms with van der Waals surface area (Å²) < 4.78 is 0. The molecule has 4 heteroatoms. The molecule has 0 saturated carbocycles. The largest absolute Gasteiger partial charge is 0.507 e. The summed E-state index contributed by atoms with van der Waals surface area (Å²) in [5.74, 6) is 0.512.